The second kappa shape index (κ2) is 12.0. The molecule has 2 aromatic rings. The summed E-state index contributed by atoms with van der Waals surface area (Å²) < 4.78 is 87.9. The molecule has 2 heterocycles. The molecule has 0 saturated carbocycles. The molecule has 0 spiro atoms. The van der Waals surface area contributed by atoms with Crippen molar-refractivity contribution in [2.75, 3.05) is 0 Å². The molecule has 0 aliphatic rings. The van der Waals surface area contributed by atoms with Crippen LogP contribution in [0.1, 0.15) is 61.1 Å². The summed E-state index contributed by atoms with van der Waals surface area (Å²) in [5.74, 6) is 0.496. The lowest BCUT2D eigenvalue weighted by molar-refractivity contribution is -0.135. The van der Waals surface area contributed by atoms with Gasteiger partial charge < -0.3 is 14.0 Å². The fourth-order valence-electron chi connectivity index (χ4n) is 2.34. The van der Waals surface area contributed by atoms with Crippen molar-refractivity contribution in [3.8, 4) is 11.5 Å². The van der Waals surface area contributed by atoms with Crippen LogP contribution in [0.5, 0.6) is 11.5 Å². The highest BCUT2D eigenvalue weighted by Gasteiger charge is 2.42. The molecule has 0 aromatic carbocycles. The number of alkyl halides is 7. The Morgan fingerprint density at radius 1 is 0.711 bits per heavy atom. The molecule has 0 radical (unpaired) electrons. The number of halogens is 7. The Labute approximate surface area is 236 Å². The van der Waals surface area contributed by atoms with Crippen LogP contribution in [0.25, 0.3) is 0 Å². The van der Waals surface area contributed by atoms with Crippen molar-refractivity contribution in [2.24, 2.45) is 0 Å². The largest absolute Gasteiger partial charge is 0.543 e. The lowest BCUT2D eigenvalue weighted by Gasteiger charge is -2.36. The van der Waals surface area contributed by atoms with Crippen molar-refractivity contribution in [1.29, 1.82) is 0 Å². The van der Waals surface area contributed by atoms with Crippen LogP contribution in [-0.4, -0.2) is 21.7 Å². The fourth-order valence-corrected chi connectivity index (χ4v) is 6.47. The summed E-state index contributed by atoms with van der Waals surface area (Å²) in [6, 6.07) is 2.07. The summed E-state index contributed by atoms with van der Waals surface area (Å²) in [5, 5.41) is 8.99. The van der Waals surface area contributed by atoms with Gasteiger partial charge >= 0.3 is 12.4 Å². The van der Waals surface area contributed by atoms with Crippen LogP contribution in [0.15, 0.2) is 12.1 Å². The molecule has 1 N–H and O–H groups in total. The first-order valence-electron chi connectivity index (χ1n) is 11.7. The second-order valence-corrected chi connectivity index (χ2v) is 23.8. The Hall–Kier alpha value is -0.736. The first-order chi connectivity index (χ1) is 16.8. The predicted molar refractivity (Wildman–Crippen MR) is 150 cm³/mol. The maximum absolute atomic E-state index is 12.7. The van der Waals surface area contributed by atoms with Gasteiger partial charge in [-0.1, -0.05) is 41.5 Å². The minimum atomic E-state index is -4.40. The topological polar surface area (TPSA) is 38.7 Å². The van der Waals surface area contributed by atoms with Gasteiger partial charge in [0.2, 0.25) is 0 Å². The van der Waals surface area contributed by atoms with Gasteiger partial charge in [0.1, 0.15) is 21.3 Å². The molecule has 2 rings (SSSR count). The van der Waals surface area contributed by atoms with Crippen molar-refractivity contribution in [3.05, 3.63) is 31.6 Å². The minimum Gasteiger partial charge on any atom is -0.543 e. The van der Waals surface area contributed by atoms with Gasteiger partial charge in [0, 0.05) is 12.1 Å². The number of rotatable bonds is 6. The van der Waals surface area contributed by atoms with Gasteiger partial charge in [-0.3, -0.25) is 0 Å². The van der Waals surface area contributed by atoms with Gasteiger partial charge in [0.05, 0.1) is 22.2 Å². The zero-order chi connectivity index (χ0) is 30.1. The van der Waals surface area contributed by atoms with Crippen LogP contribution in [0, 0.1) is 0 Å². The van der Waals surface area contributed by atoms with Crippen LogP contribution in [-0.2, 0) is 24.8 Å². The Balaban J connectivity index is 0.000000380. The molecule has 0 bridgehead atoms. The zero-order valence-corrected chi connectivity index (χ0v) is 27.7. The van der Waals surface area contributed by atoms with Crippen molar-refractivity contribution in [1.82, 2.24) is 0 Å². The molecule has 0 unspecified atom stereocenters. The highest BCUT2D eigenvalue weighted by Crippen LogP contribution is 2.45. The summed E-state index contributed by atoms with van der Waals surface area (Å²) in [7, 11) is -4.37. The molecule has 0 amide bonds. The molecule has 0 fully saturated rings. The maximum Gasteiger partial charge on any atom is 0.425 e. The fraction of sp³-hybridized carbons (Fsp3) is 0.667. The standard InChI is InChI=1S/C12H18ClF3OSSi.C12H19F3O2SSi/c1-11(2,3)19(4,5)17-8-6-10(12(14,15)16)18-9(8)7-13;1-11(2,3)19(4,5)17-8-6-10(12(13,14)15)18-9(8)7-16/h6H,7H2,1-5H3;6,16H,7H2,1-5H3. The Morgan fingerprint density at radius 3 is 1.29 bits per heavy atom. The van der Waals surface area contributed by atoms with Crippen LogP contribution in [0.4, 0.5) is 26.3 Å². The molecule has 3 nitrogen and oxygen atoms in total. The van der Waals surface area contributed by atoms with Gasteiger partial charge in [0.15, 0.2) is 0 Å². The SMILES string of the molecule is CC(C)(C)[Si](C)(C)Oc1cc(C(F)(F)F)sc1CCl.CC(C)(C)[Si](C)(C)Oc1cc(C(F)(F)F)sc1CO. The van der Waals surface area contributed by atoms with Crippen molar-refractivity contribution < 1.29 is 40.3 Å². The zero-order valence-electron chi connectivity index (χ0n) is 23.3. The van der Waals surface area contributed by atoms with Crippen molar-refractivity contribution in [2.45, 2.75) is 103 Å². The first kappa shape index (κ1) is 35.3. The van der Waals surface area contributed by atoms with Crippen molar-refractivity contribution in [3.63, 3.8) is 0 Å². The lowest BCUT2D eigenvalue weighted by atomic mass is 10.2. The van der Waals surface area contributed by atoms with Gasteiger partial charge in [-0.05, 0) is 36.3 Å². The number of hydrogen-bond donors (Lipinski definition) is 1. The third-order valence-corrected chi connectivity index (χ3v) is 18.1. The lowest BCUT2D eigenvalue weighted by Crippen LogP contribution is -2.43. The van der Waals surface area contributed by atoms with E-state index in [4.69, 9.17) is 20.5 Å². The van der Waals surface area contributed by atoms with Gasteiger partial charge in [-0.2, -0.15) is 26.3 Å². The van der Waals surface area contributed by atoms with E-state index in [0.717, 1.165) is 12.1 Å². The molecule has 0 saturated heterocycles. The van der Waals surface area contributed by atoms with Gasteiger partial charge in [-0.25, -0.2) is 0 Å². The van der Waals surface area contributed by atoms with E-state index in [1.54, 1.807) is 0 Å². The third kappa shape index (κ3) is 9.15. The summed E-state index contributed by atoms with van der Waals surface area (Å²) in [4.78, 5) is -0.710. The maximum atomic E-state index is 12.7. The summed E-state index contributed by atoms with van der Waals surface area (Å²) in [6.07, 6.45) is -8.75. The minimum absolute atomic E-state index is 0.0324. The molecule has 0 aliphatic heterocycles. The molecular formula is C24H37ClF6O3S2Si2. The molecule has 220 valence electrons. The highest BCUT2D eigenvalue weighted by atomic mass is 35.5. The predicted octanol–water partition coefficient (Wildman–Crippen LogP) is 10.5. The Morgan fingerprint density at radius 2 is 1.03 bits per heavy atom. The van der Waals surface area contributed by atoms with E-state index >= 15 is 0 Å². The number of aliphatic hydroxyl groups excluding tert-OH is 1. The average Bonchev–Trinajstić information content (AvgIpc) is 3.29. The average molecular weight is 643 g/mol. The van der Waals surface area contributed by atoms with E-state index in [1.807, 2.05) is 67.7 Å². The van der Waals surface area contributed by atoms with Crippen LogP contribution in [0.2, 0.25) is 36.3 Å². The van der Waals surface area contributed by atoms with Gasteiger partial charge in [-0.15, -0.1) is 34.3 Å². The molecule has 14 heteroatoms. The smallest absolute Gasteiger partial charge is 0.425 e. The summed E-state index contributed by atoms with van der Waals surface area (Å²) in [5.41, 5.74) is 0. The molecular weight excluding hydrogens is 606 g/mol. The van der Waals surface area contributed by atoms with E-state index in [2.05, 4.69) is 0 Å². The summed E-state index contributed by atoms with van der Waals surface area (Å²) >= 11 is 6.92. The van der Waals surface area contributed by atoms with Crippen LogP contribution < -0.4 is 8.85 Å². The second-order valence-electron chi connectivity index (χ2n) is 11.8. The quantitative estimate of drug-likeness (QED) is 0.194. The number of aliphatic hydroxyl groups is 1. The Bertz CT molecular complexity index is 981. The van der Waals surface area contributed by atoms with E-state index in [9.17, 15) is 31.4 Å². The highest BCUT2D eigenvalue weighted by molar-refractivity contribution is 7.13. The summed E-state index contributed by atoms with van der Waals surface area (Å²) in [6.45, 7) is 19.6. The van der Waals surface area contributed by atoms with Crippen molar-refractivity contribution >= 4 is 50.9 Å². The van der Waals surface area contributed by atoms with E-state index in [-0.39, 0.29) is 26.6 Å². The van der Waals surface area contributed by atoms with E-state index < -0.39 is 45.3 Å². The normalized spacial score (nSPS) is 13.7. The number of hydrogen-bond acceptors (Lipinski definition) is 5. The Kier molecular flexibility index (Phi) is 11.2. The van der Waals surface area contributed by atoms with Crippen LogP contribution in [0.3, 0.4) is 0 Å². The number of thiophene rings is 2. The van der Waals surface area contributed by atoms with Crippen LogP contribution >= 0.6 is 34.3 Å². The molecule has 38 heavy (non-hydrogen) atoms. The van der Waals surface area contributed by atoms with E-state index in [0.29, 0.717) is 33.3 Å². The molecule has 0 aliphatic carbocycles. The molecule has 2 aromatic heterocycles. The first-order valence-corrected chi connectivity index (χ1v) is 19.7. The van der Waals surface area contributed by atoms with Gasteiger partial charge in [0.25, 0.3) is 16.6 Å². The third-order valence-electron chi connectivity index (χ3n) is 6.71. The van der Waals surface area contributed by atoms with E-state index in [1.165, 1.54) is 0 Å². The monoisotopic (exact) mass is 642 g/mol. The molecule has 0 atom stereocenters.